The number of halogens is 2. The summed E-state index contributed by atoms with van der Waals surface area (Å²) in [6.45, 7) is 0. The molecule has 2 heterocycles. The first kappa shape index (κ1) is 27.3. The number of imide groups is 2. The summed E-state index contributed by atoms with van der Waals surface area (Å²) in [5.41, 5.74) is 0.999. The second-order valence-corrected chi connectivity index (χ2v) is 12.0. The molecule has 0 spiro atoms. The maximum Gasteiger partial charge on any atom is 0.335 e. The maximum absolute atomic E-state index is 14.0. The van der Waals surface area contributed by atoms with Gasteiger partial charge in [0.1, 0.15) is 0 Å². The van der Waals surface area contributed by atoms with Gasteiger partial charge in [0.15, 0.2) is 21.2 Å². The summed E-state index contributed by atoms with van der Waals surface area (Å²) in [5.74, 6) is -7.21. The zero-order chi connectivity index (χ0) is 29.6. The largest absolute Gasteiger partial charge is 0.504 e. The number of carboxylic acids is 1. The number of hydrogen-bond donors (Lipinski definition) is 2. The number of phenols is 1. The van der Waals surface area contributed by atoms with Gasteiger partial charge in [-0.3, -0.25) is 29.0 Å². The Hall–Kier alpha value is -3.89. The van der Waals surface area contributed by atoms with Crippen LogP contribution < -0.4 is 9.64 Å². The number of nitrogens with zero attached hydrogens (tertiary/aromatic N) is 2. The molecule has 2 aliphatic heterocycles. The SMILES string of the molecule is COc1ccc([C@H]2C3=CC[C@@H]4C(=O)N(c5cccc(C(=O)O)c5)C(=O)[C@@H]4[C@@H]3C[C@@]3(Cl)C(=O)N(C)C(=O)[C@@]23Cl)cc1O. The lowest BCUT2D eigenvalue weighted by molar-refractivity contribution is -0.138. The molecule has 2 aliphatic carbocycles. The molecule has 2 aromatic carbocycles. The number of phenolic OH excluding ortho intramolecular Hbond substituents is 1. The van der Waals surface area contributed by atoms with E-state index in [0.717, 1.165) is 9.80 Å². The van der Waals surface area contributed by atoms with E-state index in [-0.39, 0.29) is 35.6 Å². The minimum Gasteiger partial charge on any atom is -0.504 e. The second kappa shape index (κ2) is 9.06. The Morgan fingerprint density at radius 3 is 2.41 bits per heavy atom. The van der Waals surface area contributed by atoms with Gasteiger partial charge < -0.3 is 14.9 Å². The van der Waals surface area contributed by atoms with E-state index in [0.29, 0.717) is 11.1 Å². The van der Waals surface area contributed by atoms with Gasteiger partial charge in [0.2, 0.25) is 11.8 Å². The fourth-order valence-corrected chi connectivity index (χ4v) is 8.06. The molecule has 4 amide bonds. The highest BCUT2D eigenvalue weighted by Crippen LogP contribution is 2.65. The van der Waals surface area contributed by atoms with Crippen LogP contribution in [-0.4, -0.2) is 68.6 Å². The number of alkyl halides is 2. The molecule has 0 unspecified atom stereocenters. The second-order valence-electron chi connectivity index (χ2n) is 10.8. The lowest BCUT2D eigenvalue weighted by Gasteiger charge is -2.50. The van der Waals surface area contributed by atoms with E-state index in [2.05, 4.69) is 0 Å². The summed E-state index contributed by atoms with van der Waals surface area (Å²) in [7, 11) is 2.68. The summed E-state index contributed by atoms with van der Waals surface area (Å²) in [4.78, 5) is 64.2. The standard InChI is InChI=1S/C29H24Cl2N2O8/c1-32-26(39)28(30)12-18-16(22(29(28,31)27(32)40)13-6-9-20(41-2)19(34)11-13)7-8-17-21(18)24(36)33(23(17)35)15-5-3-4-14(10-15)25(37)38/h3-7,9-11,17-18,21-22,34H,8,12H2,1-2H3,(H,37,38)/t17-,18+,21-,22-,28+,29-/m0/s1. The molecule has 2 aromatic rings. The molecule has 0 aromatic heterocycles. The van der Waals surface area contributed by atoms with Gasteiger partial charge in [0.25, 0.3) is 11.8 Å². The van der Waals surface area contributed by atoms with Crippen LogP contribution in [0.2, 0.25) is 0 Å². The first-order valence-electron chi connectivity index (χ1n) is 12.8. The fourth-order valence-electron chi connectivity index (χ4n) is 7.04. The topological polar surface area (TPSA) is 142 Å². The monoisotopic (exact) mass is 598 g/mol. The average Bonchev–Trinajstić information content (AvgIpc) is 3.27. The third-order valence-electron chi connectivity index (χ3n) is 8.90. The summed E-state index contributed by atoms with van der Waals surface area (Å²) in [6.07, 6.45) is 1.74. The van der Waals surface area contributed by atoms with Crippen molar-refractivity contribution >= 4 is 58.5 Å². The Morgan fingerprint density at radius 1 is 1.02 bits per heavy atom. The van der Waals surface area contributed by atoms with Gasteiger partial charge in [-0.2, -0.15) is 0 Å². The summed E-state index contributed by atoms with van der Waals surface area (Å²) in [5, 5.41) is 20.0. The van der Waals surface area contributed by atoms with E-state index in [1.165, 1.54) is 50.6 Å². The van der Waals surface area contributed by atoms with Gasteiger partial charge in [0, 0.05) is 13.0 Å². The molecule has 41 heavy (non-hydrogen) atoms. The molecule has 2 saturated heterocycles. The van der Waals surface area contributed by atoms with E-state index in [1.807, 2.05) is 0 Å². The van der Waals surface area contributed by atoms with Crippen LogP contribution in [-0.2, 0) is 19.2 Å². The number of carboxylic acid groups (broad SMARTS) is 1. The number of aromatic carboxylic acids is 1. The highest BCUT2D eigenvalue weighted by Gasteiger charge is 2.75. The van der Waals surface area contributed by atoms with E-state index < -0.39 is 63.0 Å². The minimum absolute atomic E-state index is 0.0847. The highest BCUT2D eigenvalue weighted by atomic mass is 35.5. The van der Waals surface area contributed by atoms with Crippen LogP contribution in [0.4, 0.5) is 5.69 Å². The molecule has 12 heteroatoms. The number of benzene rings is 2. The fraction of sp³-hybridized carbons (Fsp3) is 0.345. The Bertz CT molecular complexity index is 1610. The summed E-state index contributed by atoms with van der Waals surface area (Å²) >= 11 is 14.2. The van der Waals surface area contributed by atoms with Crippen molar-refractivity contribution in [2.24, 2.45) is 17.8 Å². The van der Waals surface area contributed by atoms with Gasteiger partial charge in [-0.05, 0) is 54.7 Å². The first-order valence-corrected chi connectivity index (χ1v) is 13.6. The van der Waals surface area contributed by atoms with Crippen LogP contribution in [0.5, 0.6) is 11.5 Å². The molecule has 6 atom stereocenters. The van der Waals surface area contributed by atoms with Crippen molar-refractivity contribution in [1.82, 2.24) is 4.90 Å². The van der Waals surface area contributed by atoms with Crippen molar-refractivity contribution in [3.05, 3.63) is 65.2 Å². The smallest absolute Gasteiger partial charge is 0.335 e. The van der Waals surface area contributed by atoms with Gasteiger partial charge in [-0.1, -0.05) is 23.8 Å². The molecule has 3 fully saturated rings. The third kappa shape index (κ3) is 3.47. The molecule has 10 nitrogen and oxygen atoms in total. The number of likely N-dealkylation sites (tertiary alicyclic amines) is 1. The summed E-state index contributed by atoms with van der Waals surface area (Å²) in [6, 6.07) is 10.1. The van der Waals surface area contributed by atoms with Crippen LogP contribution >= 0.6 is 23.2 Å². The van der Waals surface area contributed by atoms with Gasteiger partial charge in [0.05, 0.1) is 30.2 Å². The van der Waals surface area contributed by atoms with Crippen molar-refractivity contribution in [2.45, 2.75) is 28.5 Å². The average molecular weight is 599 g/mol. The molecule has 1 saturated carbocycles. The predicted molar refractivity (Wildman–Crippen MR) is 146 cm³/mol. The maximum atomic E-state index is 14.0. The zero-order valence-corrected chi connectivity index (χ0v) is 23.3. The number of amides is 4. The molecule has 0 radical (unpaired) electrons. The van der Waals surface area contributed by atoms with Gasteiger partial charge in [-0.15, -0.1) is 23.2 Å². The number of carbonyl (C=O) groups excluding carboxylic acids is 4. The molecular formula is C29H24Cl2N2O8. The van der Waals surface area contributed by atoms with E-state index in [1.54, 1.807) is 12.1 Å². The molecule has 6 rings (SSSR count). The number of anilines is 1. The number of rotatable bonds is 4. The van der Waals surface area contributed by atoms with Crippen molar-refractivity contribution in [2.75, 3.05) is 19.1 Å². The Kier molecular flexibility index (Phi) is 6.03. The van der Waals surface area contributed by atoms with Crippen molar-refractivity contribution in [3.8, 4) is 11.5 Å². The van der Waals surface area contributed by atoms with Crippen LogP contribution in [0.25, 0.3) is 0 Å². The Balaban J connectivity index is 1.50. The number of fused-ring (bicyclic) bond motifs is 4. The van der Waals surface area contributed by atoms with Crippen LogP contribution in [0.1, 0.15) is 34.7 Å². The number of ether oxygens (including phenoxy) is 1. The quantitative estimate of drug-likeness (QED) is 0.310. The van der Waals surface area contributed by atoms with E-state index >= 15 is 0 Å². The predicted octanol–water partition coefficient (Wildman–Crippen LogP) is 3.29. The molecule has 4 aliphatic rings. The lowest BCUT2D eigenvalue weighted by Crippen LogP contribution is -2.60. The number of methoxy groups -OCH3 is 1. The Morgan fingerprint density at radius 2 is 1.76 bits per heavy atom. The first-order chi connectivity index (χ1) is 19.4. The number of hydrogen-bond acceptors (Lipinski definition) is 7. The molecule has 212 valence electrons. The minimum atomic E-state index is -1.97. The highest BCUT2D eigenvalue weighted by molar-refractivity contribution is 6.53. The van der Waals surface area contributed by atoms with Crippen molar-refractivity contribution < 1.29 is 38.9 Å². The number of carbonyl (C=O) groups is 5. The lowest BCUT2D eigenvalue weighted by atomic mass is 9.56. The van der Waals surface area contributed by atoms with Crippen molar-refractivity contribution in [1.29, 1.82) is 0 Å². The van der Waals surface area contributed by atoms with E-state index in [4.69, 9.17) is 27.9 Å². The molecule has 0 bridgehead atoms. The van der Waals surface area contributed by atoms with Crippen LogP contribution in [0, 0.1) is 17.8 Å². The van der Waals surface area contributed by atoms with Gasteiger partial charge >= 0.3 is 5.97 Å². The van der Waals surface area contributed by atoms with Gasteiger partial charge in [-0.25, -0.2) is 4.79 Å². The molecular weight excluding hydrogens is 575 g/mol. The third-order valence-corrected chi connectivity index (χ3v) is 10.3. The molecule has 2 N–H and O–H groups in total. The summed E-state index contributed by atoms with van der Waals surface area (Å²) < 4.78 is 5.16. The normalized spacial score (nSPS) is 32.4. The Labute approximate surface area is 244 Å². The number of aromatic hydroxyl groups is 1. The van der Waals surface area contributed by atoms with Crippen LogP contribution in [0.15, 0.2) is 54.1 Å². The van der Waals surface area contributed by atoms with Crippen LogP contribution in [0.3, 0.4) is 0 Å². The number of allylic oxidation sites excluding steroid dienone is 2. The van der Waals surface area contributed by atoms with E-state index in [9.17, 15) is 34.2 Å². The van der Waals surface area contributed by atoms with Crippen molar-refractivity contribution in [3.63, 3.8) is 0 Å². The zero-order valence-electron chi connectivity index (χ0n) is 21.8.